The van der Waals surface area contributed by atoms with Crippen molar-refractivity contribution in [2.45, 2.75) is 6.04 Å². The summed E-state index contributed by atoms with van der Waals surface area (Å²) in [5.74, 6) is -0.683. The predicted molar refractivity (Wildman–Crippen MR) is 113 cm³/mol. The molecule has 0 aromatic heterocycles. The lowest BCUT2D eigenvalue weighted by molar-refractivity contribution is -0.128. The Bertz CT molecular complexity index is 951. The minimum Gasteiger partial charge on any atom is -0.345 e. The fourth-order valence-corrected chi connectivity index (χ4v) is 4.51. The van der Waals surface area contributed by atoms with Crippen molar-refractivity contribution >= 4 is 38.9 Å². The second-order valence-electron chi connectivity index (χ2n) is 6.77. The van der Waals surface area contributed by atoms with Gasteiger partial charge in [-0.05, 0) is 29.8 Å². The van der Waals surface area contributed by atoms with E-state index in [0.29, 0.717) is 10.7 Å². The maximum atomic E-state index is 12.9. The van der Waals surface area contributed by atoms with Gasteiger partial charge < -0.3 is 10.6 Å². The van der Waals surface area contributed by atoms with Crippen LogP contribution in [-0.4, -0.2) is 56.3 Å². The number of carbonyl (C=O) groups excluding carboxylic acids is 2. The molecule has 29 heavy (non-hydrogen) atoms. The zero-order chi connectivity index (χ0) is 20.9. The minimum absolute atomic E-state index is 0.0146. The minimum atomic E-state index is -3.07. The molecule has 1 aliphatic rings. The number of benzene rings is 2. The molecule has 2 amide bonds. The van der Waals surface area contributed by atoms with Gasteiger partial charge in [-0.25, -0.2) is 8.42 Å². The molecule has 0 saturated carbocycles. The maximum absolute atomic E-state index is 12.9. The average molecular weight is 436 g/mol. The zero-order valence-corrected chi connectivity index (χ0v) is 17.2. The van der Waals surface area contributed by atoms with Crippen molar-refractivity contribution in [2.75, 3.05) is 36.5 Å². The normalized spacial score (nSPS) is 17.3. The number of amides is 2. The summed E-state index contributed by atoms with van der Waals surface area (Å²) in [5, 5.41) is 5.91. The number of carbonyl (C=O) groups is 2. The fraction of sp³-hybridized carbons (Fsp3) is 0.300. The molecule has 0 spiro atoms. The summed E-state index contributed by atoms with van der Waals surface area (Å²) in [6, 6.07) is 15.1. The quantitative estimate of drug-likeness (QED) is 0.722. The molecule has 1 unspecified atom stereocenters. The summed E-state index contributed by atoms with van der Waals surface area (Å²) in [4.78, 5) is 26.9. The van der Waals surface area contributed by atoms with Crippen molar-refractivity contribution in [2.24, 2.45) is 0 Å². The third kappa shape index (κ3) is 6.03. The van der Waals surface area contributed by atoms with Gasteiger partial charge in [0.05, 0.1) is 18.1 Å². The van der Waals surface area contributed by atoms with Crippen molar-refractivity contribution in [3.05, 3.63) is 65.2 Å². The highest BCUT2D eigenvalue weighted by Gasteiger charge is 2.32. The first-order valence-electron chi connectivity index (χ1n) is 9.17. The average Bonchev–Trinajstić information content (AvgIpc) is 2.70. The highest BCUT2D eigenvalue weighted by atomic mass is 35.5. The van der Waals surface area contributed by atoms with Gasteiger partial charge in [0.25, 0.3) is 0 Å². The van der Waals surface area contributed by atoms with E-state index in [0.717, 1.165) is 5.56 Å². The van der Waals surface area contributed by atoms with Crippen LogP contribution in [0, 0.1) is 0 Å². The molecule has 154 valence electrons. The van der Waals surface area contributed by atoms with Crippen molar-refractivity contribution in [1.82, 2.24) is 10.2 Å². The van der Waals surface area contributed by atoms with Gasteiger partial charge >= 0.3 is 0 Å². The van der Waals surface area contributed by atoms with Crippen molar-refractivity contribution < 1.29 is 18.0 Å². The second-order valence-corrected chi connectivity index (χ2v) is 9.51. The molecule has 1 saturated heterocycles. The Morgan fingerprint density at radius 2 is 1.62 bits per heavy atom. The van der Waals surface area contributed by atoms with Crippen LogP contribution in [0.15, 0.2) is 54.6 Å². The first-order chi connectivity index (χ1) is 13.8. The lowest BCUT2D eigenvalue weighted by Gasteiger charge is -2.33. The van der Waals surface area contributed by atoms with Gasteiger partial charge in [-0.3, -0.25) is 14.5 Å². The van der Waals surface area contributed by atoms with E-state index in [9.17, 15) is 18.0 Å². The van der Waals surface area contributed by atoms with Gasteiger partial charge in [0.2, 0.25) is 11.8 Å². The summed E-state index contributed by atoms with van der Waals surface area (Å²) in [6.45, 7) is 0.343. The van der Waals surface area contributed by atoms with Crippen LogP contribution in [0.1, 0.15) is 11.6 Å². The van der Waals surface area contributed by atoms with E-state index in [4.69, 9.17) is 11.6 Å². The number of hydrogen-bond donors (Lipinski definition) is 2. The monoisotopic (exact) mass is 435 g/mol. The van der Waals surface area contributed by atoms with Gasteiger partial charge in [0.15, 0.2) is 9.84 Å². The Balaban J connectivity index is 1.65. The Hall–Kier alpha value is -2.42. The van der Waals surface area contributed by atoms with Gasteiger partial charge in [-0.15, -0.1) is 0 Å². The summed E-state index contributed by atoms with van der Waals surface area (Å²) >= 11 is 5.82. The SMILES string of the molecule is O=C(CNC(=O)C(c1ccccc1)N1CCS(=O)(=O)CC1)Nc1ccc(Cl)cc1. The molecule has 2 aromatic rings. The van der Waals surface area contributed by atoms with Crippen LogP contribution in [0.25, 0.3) is 0 Å². The third-order valence-electron chi connectivity index (χ3n) is 4.66. The van der Waals surface area contributed by atoms with Gasteiger partial charge in [-0.2, -0.15) is 0 Å². The van der Waals surface area contributed by atoms with Crippen molar-refractivity contribution in [3.63, 3.8) is 0 Å². The highest BCUT2D eigenvalue weighted by Crippen LogP contribution is 2.23. The van der Waals surface area contributed by atoms with Crippen molar-refractivity contribution in [1.29, 1.82) is 0 Å². The number of halogens is 1. The summed E-state index contributed by atoms with van der Waals surface area (Å²) in [6.07, 6.45) is 0. The molecule has 1 aliphatic heterocycles. The Morgan fingerprint density at radius 3 is 2.24 bits per heavy atom. The largest absolute Gasteiger partial charge is 0.345 e. The molecule has 0 bridgehead atoms. The van der Waals surface area contributed by atoms with E-state index in [1.54, 1.807) is 24.3 Å². The number of sulfone groups is 1. The van der Waals surface area contributed by atoms with Crippen LogP contribution in [-0.2, 0) is 19.4 Å². The first kappa shape index (κ1) is 21.3. The number of nitrogens with one attached hydrogen (secondary N) is 2. The predicted octanol–water partition coefficient (Wildman–Crippen LogP) is 1.87. The van der Waals surface area contributed by atoms with E-state index < -0.39 is 15.9 Å². The van der Waals surface area contributed by atoms with Gasteiger partial charge in [-0.1, -0.05) is 41.9 Å². The summed E-state index contributed by atoms with van der Waals surface area (Å²) in [7, 11) is -3.07. The lowest BCUT2D eigenvalue weighted by Crippen LogP contribution is -2.48. The van der Waals surface area contributed by atoms with Crippen LogP contribution >= 0.6 is 11.6 Å². The van der Waals surface area contributed by atoms with E-state index in [1.807, 2.05) is 35.2 Å². The third-order valence-corrected chi connectivity index (χ3v) is 6.52. The van der Waals surface area contributed by atoms with Gasteiger partial charge in [0.1, 0.15) is 6.04 Å². The topological polar surface area (TPSA) is 95.6 Å². The van der Waals surface area contributed by atoms with Crippen LogP contribution in [0.3, 0.4) is 0 Å². The van der Waals surface area contributed by atoms with E-state index in [1.165, 1.54) is 0 Å². The Morgan fingerprint density at radius 1 is 1.00 bits per heavy atom. The van der Waals surface area contributed by atoms with Crippen LogP contribution in [0.5, 0.6) is 0 Å². The summed E-state index contributed by atoms with van der Waals surface area (Å²) in [5.41, 5.74) is 1.33. The first-order valence-corrected chi connectivity index (χ1v) is 11.4. The molecule has 3 rings (SSSR count). The molecule has 1 fully saturated rings. The molecule has 7 nitrogen and oxygen atoms in total. The van der Waals surface area contributed by atoms with Crippen molar-refractivity contribution in [3.8, 4) is 0 Å². The molecule has 0 radical (unpaired) electrons. The van der Waals surface area contributed by atoms with Crippen LogP contribution in [0.2, 0.25) is 5.02 Å². The molecular weight excluding hydrogens is 414 g/mol. The summed E-state index contributed by atoms with van der Waals surface area (Å²) < 4.78 is 23.5. The smallest absolute Gasteiger partial charge is 0.243 e. The molecule has 2 N–H and O–H groups in total. The highest BCUT2D eigenvalue weighted by molar-refractivity contribution is 7.91. The zero-order valence-electron chi connectivity index (χ0n) is 15.7. The number of nitrogens with zero attached hydrogens (tertiary/aromatic N) is 1. The van der Waals surface area contributed by atoms with E-state index in [-0.39, 0.29) is 43.0 Å². The molecule has 1 heterocycles. The number of rotatable bonds is 6. The van der Waals surface area contributed by atoms with E-state index >= 15 is 0 Å². The lowest BCUT2D eigenvalue weighted by atomic mass is 10.0. The maximum Gasteiger partial charge on any atom is 0.243 e. The molecule has 9 heteroatoms. The standard InChI is InChI=1S/C20H22ClN3O4S/c21-16-6-8-17(9-7-16)23-18(25)14-22-20(26)19(15-4-2-1-3-5-15)24-10-12-29(27,28)13-11-24/h1-9,19H,10-14H2,(H,22,26)(H,23,25). The number of anilines is 1. The molecule has 1 atom stereocenters. The Labute approximate surface area is 175 Å². The number of hydrogen-bond acceptors (Lipinski definition) is 5. The molecule has 2 aromatic carbocycles. The Kier molecular flexibility index (Phi) is 6.89. The van der Waals surface area contributed by atoms with E-state index in [2.05, 4.69) is 10.6 Å². The van der Waals surface area contributed by atoms with Crippen LogP contribution in [0.4, 0.5) is 5.69 Å². The second kappa shape index (κ2) is 9.39. The van der Waals surface area contributed by atoms with Crippen LogP contribution < -0.4 is 10.6 Å². The molecular formula is C20H22ClN3O4S. The fourth-order valence-electron chi connectivity index (χ4n) is 3.15. The molecule has 0 aliphatic carbocycles. The van der Waals surface area contributed by atoms with Gasteiger partial charge in [0, 0.05) is 23.8 Å².